The van der Waals surface area contributed by atoms with Crippen LogP contribution in [-0.2, 0) is 11.2 Å². The molecule has 0 fully saturated rings. The maximum atomic E-state index is 11.4. The van der Waals surface area contributed by atoms with Gasteiger partial charge in [-0.1, -0.05) is 50.5 Å². The molecule has 0 aliphatic rings. The van der Waals surface area contributed by atoms with Crippen molar-refractivity contribution in [2.75, 3.05) is 0 Å². The summed E-state index contributed by atoms with van der Waals surface area (Å²) in [5.41, 5.74) is 9.52. The Balaban J connectivity index is 2.08. The smallest absolute Gasteiger partial charge is 0.224 e. The van der Waals surface area contributed by atoms with Gasteiger partial charge in [-0.15, -0.1) is 0 Å². The fourth-order valence-electron chi connectivity index (χ4n) is 2.60. The summed E-state index contributed by atoms with van der Waals surface area (Å²) in [5.74, 6) is -0.683. The maximum Gasteiger partial charge on any atom is 0.224 e. The predicted octanol–water partition coefficient (Wildman–Crippen LogP) is 3.79. The number of amides is 1. The van der Waals surface area contributed by atoms with E-state index in [9.17, 15) is 4.79 Å². The van der Waals surface area contributed by atoms with Crippen molar-refractivity contribution < 1.29 is 4.79 Å². The van der Waals surface area contributed by atoms with Crippen LogP contribution >= 0.6 is 0 Å². The largest absolute Gasteiger partial charge is 0.369 e. The molecule has 1 unspecified atom stereocenters. The van der Waals surface area contributed by atoms with Crippen LogP contribution in [0.1, 0.15) is 56.6 Å². The third-order valence-electron chi connectivity index (χ3n) is 4.12. The molecule has 0 spiro atoms. The summed E-state index contributed by atoms with van der Waals surface area (Å²) in [5, 5.41) is 7.04. The Hall–Kier alpha value is -2.10. The number of unbranched alkanes of at least 4 members (excludes halogenated alkanes) is 3. The molecule has 1 atom stereocenters. The summed E-state index contributed by atoms with van der Waals surface area (Å²) in [6.45, 7) is 4.03. The van der Waals surface area contributed by atoms with Gasteiger partial charge in [-0.3, -0.25) is 9.89 Å². The molecular weight excluding hydrogens is 274 g/mol. The van der Waals surface area contributed by atoms with E-state index >= 15 is 0 Å². The van der Waals surface area contributed by atoms with Crippen molar-refractivity contribution in [2.24, 2.45) is 5.73 Å². The van der Waals surface area contributed by atoms with Crippen molar-refractivity contribution in [2.45, 2.75) is 51.9 Å². The molecule has 2 aromatic rings. The van der Waals surface area contributed by atoms with E-state index < -0.39 is 0 Å². The van der Waals surface area contributed by atoms with Gasteiger partial charge in [0.15, 0.2) is 0 Å². The molecule has 4 nitrogen and oxygen atoms in total. The second kappa shape index (κ2) is 7.78. The molecule has 0 aliphatic heterocycles. The number of hydrogen-bond donors (Lipinski definition) is 2. The first-order chi connectivity index (χ1) is 10.6. The molecular formula is C18H25N3O. The van der Waals surface area contributed by atoms with Crippen molar-refractivity contribution >= 4 is 5.91 Å². The molecule has 3 N–H and O–H groups in total. The van der Waals surface area contributed by atoms with Gasteiger partial charge in [0, 0.05) is 5.56 Å². The first-order valence-electron chi connectivity index (χ1n) is 8.05. The topological polar surface area (TPSA) is 71.8 Å². The van der Waals surface area contributed by atoms with Crippen LogP contribution in [0.3, 0.4) is 0 Å². The van der Waals surface area contributed by atoms with Gasteiger partial charge in [-0.05, 0) is 30.9 Å². The molecule has 0 radical (unpaired) electrons. The summed E-state index contributed by atoms with van der Waals surface area (Å²) in [6, 6.07) is 8.47. The Kier molecular flexibility index (Phi) is 5.75. The quantitative estimate of drug-likeness (QED) is 0.728. The van der Waals surface area contributed by atoms with Crippen molar-refractivity contribution in [3.8, 4) is 11.3 Å². The zero-order valence-electron chi connectivity index (χ0n) is 13.4. The number of carbonyl (C=O) groups excluding carboxylic acids is 1. The lowest BCUT2D eigenvalue weighted by atomic mass is 9.96. The number of aryl methyl sites for hydroxylation is 1. The second-order valence-electron chi connectivity index (χ2n) is 5.83. The number of carbonyl (C=O) groups is 1. The zero-order chi connectivity index (χ0) is 15.9. The van der Waals surface area contributed by atoms with Crippen LogP contribution in [0.2, 0.25) is 0 Å². The molecule has 1 amide bonds. The molecule has 0 saturated heterocycles. The highest BCUT2D eigenvalue weighted by Gasteiger charge is 2.18. The van der Waals surface area contributed by atoms with Crippen molar-refractivity contribution in [3.63, 3.8) is 0 Å². The highest BCUT2D eigenvalue weighted by molar-refractivity contribution is 5.84. The van der Waals surface area contributed by atoms with Crippen LogP contribution in [0.5, 0.6) is 0 Å². The third-order valence-corrected chi connectivity index (χ3v) is 4.12. The van der Waals surface area contributed by atoms with Crippen LogP contribution in [0.25, 0.3) is 11.3 Å². The minimum Gasteiger partial charge on any atom is -0.369 e. The minimum absolute atomic E-state index is 0.338. The van der Waals surface area contributed by atoms with Gasteiger partial charge in [0.2, 0.25) is 5.91 Å². The zero-order valence-corrected chi connectivity index (χ0v) is 13.4. The van der Waals surface area contributed by atoms with Crippen molar-refractivity contribution in [1.29, 1.82) is 0 Å². The molecule has 4 heteroatoms. The molecule has 22 heavy (non-hydrogen) atoms. The van der Waals surface area contributed by atoms with Crippen LogP contribution in [0.15, 0.2) is 30.5 Å². The number of nitrogens with one attached hydrogen (secondary N) is 1. The number of hydrogen-bond acceptors (Lipinski definition) is 2. The van der Waals surface area contributed by atoms with Crippen molar-refractivity contribution in [3.05, 3.63) is 41.6 Å². The van der Waals surface area contributed by atoms with Gasteiger partial charge < -0.3 is 5.73 Å². The highest BCUT2D eigenvalue weighted by Crippen LogP contribution is 2.27. The van der Waals surface area contributed by atoms with E-state index in [-0.39, 0.29) is 11.8 Å². The standard InChI is InChI=1S/C18H25N3O/c1-3-4-5-6-7-14-8-10-15(11-9-14)17-16(12-20-21-17)13(2)18(19)22/h8-13H,3-7H2,1-2H3,(H2,19,22)(H,20,21). The number of H-pyrrole nitrogens is 1. The van der Waals surface area contributed by atoms with Gasteiger partial charge in [0.25, 0.3) is 0 Å². The monoisotopic (exact) mass is 299 g/mol. The lowest BCUT2D eigenvalue weighted by Gasteiger charge is -2.09. The molecule has 118 valence electrons. The maximum absolute atomic E-state index is 11.4. The SMILES string of the molecule is CCCCCCc1ccc(-c2[nH]ncc2C(C)C(N)=O)cc1. The Morgan fingerprint density at radius 3 is 2.59 bits per heavy atom. The fraction of sp³-hybridized carbons (Fsp3) is 0.444. The minimum atomic E-state index is -0.345. The Labute approximate surface area is 132 Å². The van der Waals surface area contributed by atoms with E-state index in [4.69, 9.17) is 5.73 Å². The number of primary amides is 1. The first kappa shape index (κ1) is 16.3. The van der Waals surface area contributed by atoms with Crippen LogP contribution in [0.4, 0.5) is 0 Å². The van der Waals surface area contributed by atoms with E-state index in [0.29, 0.717) is 0 Å². The average molecular weight is 299 g/mol. The normalized spacial score (nSPS) is 12.3. The van der Waals surface area contributed by atoms with Gasteiger partial charge in [-0.25, -0.2) is 0 Å². The lowest BCUT2D eigenvalue weighted by Crippen LogP contribution is -2.18. The Bertz CT molecular complexity index is 601. The number of nitrogens with zero attached hydrogens (tertiary/aromatic N) is 1. The molecule has 1 aromatic heterocycles. The summed E-state index contributed by atoms with van der Waals surface area (Å²) in [4.78, 5) is 11.4. The summed E-state index contributed by atoms with van der Waals surface area (Å²) >= 11 is 0. The summed E-state index contributed by atoms with van der Waals surface area (Å²) < 4.78 is 0. The highest BCUT2D eigenvalue weighted by atomic mass is 16.1. The Morgan fingerprint density at radius 1 is 1.23 bits per heavy atom. The first-order valence-corrected chi connectivity index (χ1v) is 8.05. The van der Waals surface area contributed by atoms with E-state index in [2.05, 4.69) is 41.4 Å². The van der Waals surface area contributed by atoms with E-state index in [1.807, 2.05) is 0 Å². The molecule has 1 heterocycles. The number of aromatic amines is 1. The van der Waals surface area contributed by atoms with Crippen LogP contribution in [0, 0.1) is 0 Å². The van der Waals surface area contributed by atoms with Gasteiger partial charge >= 0.3 is 0 Å². The van der Waals surface area contributed by atoms with Crippen LogP contribution < -0.4 is 5.73 Å². The number of benzene rings is 1. The number of aromatic nitrogens is 2. The van der Waals surface area contributed by atoms with Gasteiger partial charge in [-0.2, -0.15) is 5.10 Å². The summed E-state index contributed by atoms with van der Waals surface area (Å²) in [6.07, 6.45) is 7.90. The molecule has 0 saturated carbocycles. The van der Waals surface area contributed by atoms with E-state index in [1.165, 1.54) is 31.2 Å². The fourth-order valence-corrected chi connectivity index (χ4v) is 2.60. The molecule has 0 aliphatic carbocycles. The average Bonchev–Trinajstić information content (AvgIpc) is 3.00. The van der Waals surface area contributed by atoms with Crippen LogP contribution in [-0.4, -0.2) is 16.1 Å². The van der Waals surface area contributed by atoms with E-state index in [1.54, 1.807) is 13.1 Å². The second-order valence-corrected chi connectivity index (χ2v) is 5.83. The Morgan fingerprint density at radius 2 is 1.95 bits per heavy atom. The molecule has 0 bridgehead atoms. The number of rotatable bonds is 8. The van der Waals surface area contributed by atoms with Crippen molar-refractivity contribution in [1.82, 2.24) is 10.2 Å². The predicted molar refractivity (Wildman–Crippen MR) is 89.5 cm³/mol. The van der Waals surface area contributed by atoms with E-state index in [0.717, 1.165) is 23.2 Å². The molecule has 1 aromatic carbocycles. The lowest BCUT2D eigenvalue weighted by molar-refractivity contribution is -0.119. The molecule has 2 rings (SSSR count). The number of nitrogens with two attached hydrogens (primary N) is 1. The summed E-state index contributed by atoms with van der Waals surface area (Å²) in [7, 11) is 0. The van der Waals surface area contributed by atoms with Gasteiger partial charge in [0.1, 0.15) is 0 Å². The van der Waals surface area contributed by atoms with Gasteiger partial charge in [0.05, 0.1) is 17.8 Å². The third kappa shape index (κ3) is 3.97.